The molecule has 0 aromatic heterocycles. The molecule has 0 aliphatic heterocycles. The molecule has 11 heavy (non-hydrogen) atoms. The number of aliphatic imine (C=N–C) groups is 1. The third kappa shape index (κ3) is 6.52. The Bertz CT molecular complexity index is 181. The zero-order valence-corrected chi connectivity index (χ0v) is 6.41. The zero-order chi connectivity index (χ0) is 8.53. The van der Waals surface area contributed by atoms with Crippen LogP contribution in [0.5, 0.6) is 0 Å². The van der Waals surface area contributed by atoms with E-state index in [1.54, 1.807) is 6.21 Å². The van der Waals surface area contributed by atoms with Crippen molar-refractivity contribution in [1.29, 1.82) is 5.26 Å². The van der Waals surface area contributed by atoms with Crippen LogP contribution in [0.15, 0.2) is 4.99 Å². The number of carbonyl (C=O) groups is 1. The minimum Gasteiger partial charge on any atom is -0.469 e. The van der Waals surface area contributed by atoms with Gasteiger partial charge in [-0.25, -0.2) is 0 Å². The molecule has 0 amide bonds. The van der Waals surface area contributed by atoms with Crippen LogP contribution in [0.25, 0.3) is 0 Å². The largest absolute Gasteiger partial charge is 0.469 e. The number of rotatable bonds is 4. The van der Waals surface area contributed by atoms with Crippen molar-refractivity contribution in [2.24, 2.45) is 4.99 Å². The molecule has 0 fully saturated rings. The third-order valence-corrected chi connectivity index (χ3v) is 0.996. The number of ether oxygens (including phenoxy) is 1. The highest BCUT2D eigenvalue weighted by molar-refractivity contribution is 5.73. The number of hydrogen-bond donors (Lipinski definition) is 0. The van der Waals surface area contributed by atoms with Gasteiger partial charge in [-0.1, -0.05) is 0 Å². The van der Waals surface area contributed by atoms with Crippen molar-refractivity contribution >= 4 is 12.2 Å². The summed E-state index contributed by atoms with van der Waals surface area (Å²) >= 11 is 0. The van der Waals surface area contributed by atoms with E-state index in [2.05, 4.69) is 9.73 Å². The second-order valence-electron chi connectivity index (χ2n) is 1.80. The summed E-state index contributed by atoms with van der Waals surface area (Å²) in [7, 11) is 1.34. The van der Waals surface area contributed by atoms with Gasteiger partial charge in [-0.3, -0.25) is 9.79 Å². The van der Waals surface area contributed by atoms with Gasteiger partial charge in [0.05, 0.1) is 19.6 Å². The quantitative estimate of drug-likeness (QED) is 0.337. The fourth-order valence-electron chi connectivity index (χ4n) is 0.481. The summed E-state index contributed by atoms with van der Waals surface area (Å²) in [5, 5.41) is 8.07. The van der Waals surface area contributed by atoms with E-state index in [1.165, 1.54) is 7.11 Å². The second kappa shape index (κ2) is 6.75. The van der Waals surface area contributed by atoms with Crippen molar-refractivity contribution in [3.63, 3.8) is 0 Å². The second-order valence-corrected chi connectivity index (χ2v) is 1.80. The monoisotopic (exact) mass is 154 g/mol. The van der Waals surface area contributed by atoms with E-state index < -0.39 is 0 Å². The minimum atomic E-state index is -0.256. The Kier molecular flexibility index (Phi) is 5.91. The van der Waals surface area contributed by atoms with Crippen molar-refractivity contribution in [2.45, 2.75) is 12.8 Å². The number of nitrogens with zero attached hydrogens (tertiary/aromatic N) is 2. The molecule has 0 aliphatic carbocycles. The van der Waals surface area contributed by atoms with E-state index in [9.17, 15) is 4.79 Å². The highest BCUT2D eigenvalue weighted by Gasteiger charge is 1.95. The van der Waals surface area contributed by atoms with E-state index in [-0.39, 0.29) is 12.5 Å². The summed E-state index contributed by atoms with van der Waals surface area (Å²) in [6, 6.07) is 1.86. The highest BCUT2D eigenvalue weighted by atomic mass is 16.5. The summed E-state index contributed by atoms with van der Waals surface area (Å²) in [5.74, 6) is -0.256. The van der Waals surface area contributed by atoms with Gasteiger partial charge in [0.25, 0.3) is 0 Å². The van der Waals surface area contributed by atoms with Gasteiger partial charge in [0.15, 0.2) is 0 Å². The maximum absolute atomic E-state index is 10.5. The fraction of sp³-hybridized carbons (Fsp3) is 0.571. The van der Waals surface area contributed by atoms with Crippen LogP contribution in [0.1, 0.15) is 12.8 Å². The molecule has 0 rings (SSSR count). The summed E-state index contributed by atoms with van der Waals surface area (Å²) in [6.45, 7) is 0.154. The molecule has 0 aromatic rings. The van der Waals surface area contributed by atoms with E-state index in [0.717, 1.165) is 0 Å². The Labute approximate surface area is 65.5 Å². The molecule has 0 aromatic carbocycles. The molecule has 0 aliphatic rings. The average molecular weight is 154 g/mol. The molecule has 4 heteroatoms. The predicted octanol–water partition coefficient (Wildman–Crippen LogP) is 0.534. The molecule has 0 saturated carbocycles. The molecule has 0 bridgehead atoms. The van der Waals surface area contributed by atoms with Crippen molar-refractivity contribution < 1.29 is 9.53 Å². The summed E-state index contributed by atoms with van der Waals surface area (Å²) in [6.07, 6.45) is 2.42. The van der Waals surface area contributed by atoms with Gasteiger partial charge < -0.3 is 4.74 Å². The van der Waals surface area contributed by atoms with Crippen LogP contribution >= 0.6 is 0 Å². The number of methoxy groups -OCH3 is 1. The first-order chi connectivity index (χ1) is 5.31. The SMILES string of the molecule is COC(=O)CCC=NCC#N. The highest BCUT2D eigenvalue weighted by Crippen LogP contribution is 1.87. The number of esters is 1. The molecule has 0 heterocycles. The van der Waals surface area contributed by atoms with Crippen LogP contribution in [-0.4, -0.2) is 25.8 Å². The first kappa shape index (κ1) is 9.63. The predicted molar refractivity (Wildman–Crippen MR) is 40.2 cm³/mol. The normalized spacial score (nSPS) is 9.45. The summed E-state index contributed by atoms with van der Waals surface area (Å²) in [5.41, 5.74) is 0. The van der Waals surface area contributed by atoms with Crippen LogP contribution < -0.4 is 0 Å². The number of carbonyl (C=O) groups excluding carboxylic acids is 1. The first-order valence-electron chi connectivity index (χ1n) is 3.23. The Morgan fingerprint density at radius 1 is 1.82 bits per heavy atom. The molecule has 4 nitrogen and oxygen atoms in total. The van der Waals surface area contributed by atoms with Crippen molar-refractivity contribution in [3.05, 3.63) is 0 Å². The first-order valence-corrected chi connectivity index (χ1v) is 3.23. The van der Waals surface area contributed by atoms with Gasteiger partial charge in [0.1, 0.15) is 6.54 Å². The van der Waals surface area contributed by atoms with Crippen molar-refractivity contribution in [1.82, 2.24) is 0 Å². The van der Waals surface area contributed by atoms with Gasteiger partial charge in [-0.15, -0.1) is 0 Å². The standard InChI is InChI=1S/C7H10N2O2/c1-11-7(10)3-2-5-9-6-4-8/h5H,2-3,6H2,1H3. The zero-order valence-electron chi connectivity index (χ0n) is 6.41. The maximum atomic E-state index is 10.5. The topological polar surface area (TPSA) is 62.4 Å². The van der Waals surface area contributed by atoms with E-state index in [1.807, 2.05) is 6.07 Å². The minimum absolute atomic E-state index is 0.154. The average Bonchev–Trinajstić information content (AvgIpc) is 2.04. The molecule has 0 spiro atoms. The van der Waals surface area contributed by atoms with Gasteiger partial charge in [-0.05, 0) is 6.42 Å². The van der Waals surface area contributed by atoms with Crippen molar-refractivity contribution in [3.8, 4) is 6.07 Å². The number of nitriles is 1. The van der Waals surface area contributed by atoms with Gasteiger partial charge >= 0.3 is 5.97 Å². The lowest BCUT2D eigenvalue weighted by atomic mass is 10.3. The van der Waals surface area contributed by atoms with Crippen molar-refractivity contribution in [2.75, 3.05) is 13.7 Å². The molecule has 0 N–H and O–H groups in total. The van der Waals surface area contributed by atoms with Crippen LogP contribution in [-0.2, 0) is 9.53 Å². The molecular weight excluding hydrogens is 144 g/mol. The molecule has 0 radical (unpaired) electrons. The summed E-state index contributed by atoms with van der Waals surface area (Å²) in [4.78, 5) is 14.2. The van der Waals surface area contributed by atoms with Gasteiger partial charge in [0, 0.05) is 6.21 Å². The molecule has 0 atom stereocenters. The maximum Gasteiger partial charge on any atom is 0.305 e. The van der Waals surface area contributed by atoms with E-state index >= 15 is 0 Å². The Balaban J connectivity index is 3.28. The molecule has 0 saturated heterocycles. The smallest absolute Gasteiger partial charge is 0.305 e. The Hall–Kier alpha value is -1.37. The fourth-order valence-corrected chi connectivity index (χ4v) is 0.481. The van der Waals surface area contributed by atoms with E-state index in [0.29, 0.717) is 12.8 Å². The molecule has 0 unspecified atom stereocenters. The lowest BCUT2D eigenvalue weighted by molar-refractivity contribution is -0.140. The van der Waals surface area contributed by atoms with Crippen LogP contribution in [0.2, 0.25) is 0 Å². The lowest BCUT2D eigenvalue weighted by Crippen LogP contribution is -1.99. The molecule has 60 valence electrons. The number of hydrogen-bond acceptors (Lipinski definition) is 4. The Morgan fingerprint density at radius 3 is 3.09 bits per heavy atom. The Morgan fingerprint density at radius 2 is 2.55 bits per heavy atom. The summed E-state index contributed by atoms with van der Waals surface area (Å²) < 4.78 is 4.39. The van der Waals surface area contributed by atoms with E-state index in [4.69, 9.17) is 5.26 Å². The van der Waals surface area contributed by atoms with Gasteiger partial charge in [0.2, 0.25) is 0 Å². The lowest BCUT2D eigenvalue weighted by Gasteiger charge is -1.92. The third-order valence-electron chi connectivity index (χ3n) is 0.996. The van der Waals surface area contributed by atoms with Crippen LogP contribution in [0, 0.1) is 11.3 Å². The van der Waals surface area contributed by atoms with Crippen LogP contribution in [0.4, 0.5) is 0 Å². The van der Waals surface area contributed by atoms with Crippen LogP contribution in [0.3, 0.4) is 0 Å². The van der Waals surface area contributed by atoms with Gasteiger partial charge in [-0.2, -0.15) is 5.26 Å². The molecular formula is C7H10N2O2.